The fourth-order valence-electron chi connectivity index (χ4n) is 7.90. The third kappa shape index (κ3) is 12.4. The van der Waals surface area contributed by atoms with Crippen molar-refractivity contribution in [3.05, 3.63) is 148 Å². The van der Waals surface area contributed by atoms with Crippen molar-refractivity contribution in [3.63, 3.8) is 0 Å². The lowest BCUT2D eigenvalue weighted by molar-refractivity contribution is 0.391. The Morgan fingerprint density at radius 3 is 1.66 bits per heavy atom. The number of ether oxygens (including phenoxy) is 4. The maximum absolute atomic E-state index is 7.68. The van der Waals surface area contributed by atoms with Crippen molar-refractivity contribution in [2.24, 2.45) is 4.99 Å². The molecular weight excluding hydrogens is 1010 g/mol. The number of fused-ring (bicyclic) bond motifs is 3. The second-order valence-electron chi connectivity index (χ2n) is 17.0. The molecule has 0 saturated heterocycles. The van der Waals surface area contributed by atoms with Gasteiger partial charge in [-0.1, -0.05) is 15.5 Å². The molecule has 0 fully saturated rings. The van der Waals surface area contributed by atoms with Gasteiger partial charge in [0, 0.05) is 46.5 Å². The van der Waals surface area contributed by atoms with Crippen LogP contribution in [-0.2, 0) is 32.1 Å². The summed E-state index contributed by atoms with van der Waals surface area (Å²) in [5.41, 5.74) is 12.7. The summed E-state index contributed by atoms with van der Waals surface area (Å²) in [5, 5.41) is 22.6. The van der Waals surface area contributed by atoms with Gasteiger partial charge in [0.2, 0.25) is 0 Å². The minimum absolute atomic E-state index is 0.192. The number of H-pyrrole nitrogens is 3. The molecule has 25 nitrogen and oxygen atoms in total. The van der Waals surface area contributed by atoms with E-state index < -0.39 is 0 Å². The summed E-state index contributed by atoms with van der Waals surface area (Å²) in [7, 11) is 6.52. The molecule has 0 aliphatic rings. The summed E-state index contributed by atoms with van der Waals surface area (Å²) < 4.78 is 40.3. The summed E-state index contributed by atoms with van der Waals surface area (Å²) in [6.45, 7) is 13.5. The molecule has 0 aliphatic carbocycles. The fourth-order valence-corrected chi connectivity index (χ4v) is 8.28. The lowest BCUT2D eigenvalue weighted by Gasteiger charge is -2.11. The Labute approximate surface area is 444 Å². The molecule has 9 aromatic heterocycles. The highest BCUT2D eigenvalue weighted by atomic mass is 35.5. The number of halogens is 1. The molecule has 400 valence electrons. The maximum atomic E-state index is 7.68. The number of imidazole rings is 3. The second kappa shape index (κ2) is 24.8. The van der Waals surface area contributed by atoms with E-state index in [1.807, 2.05) is 87.1 Å². The average molecular weight is 1070 g/mol. The van der Waals surface area contributed by atoms with Gasteiger partial charge in [0.1, 0.15) is 63.2 Å². The first kappa shape index (κ1) is 53.9. The molecule has 0 spiro atoms. The van der Waals surface area contributed by atoms with Crippen molar-refractivity contribution in [1.29, 1.82) is 5.41 Å². The number of methoxy groups -OCH3 is 4. The zero-order valence-corrected chi connectivity index (χ0v) is 44.8. The number of benzene rings is 2. The van der Waals surface area contributed by atoms with Crippen molar-refractivity contribution in [2.45, 2.75) is 73.6 Å². The Morgan fingerprint density at radius 1 is 0.597 bits per heavy atom. The minimum atomic E-state index is 0.192. The predicted octanol–water partition coefficient (Wildman–Crippen LogP) is 7.44. The lowest BCUT2D eigenvalue weighted by atomic mass is 10.2. The quantitative estimate of drug-likeness (QED) is 0.0661. The highest BCUT2D eigenvalue weighted by molar-refractivity contribution is 6.17. The zero-order valence-electron chi connectivity index (χ0n) is 44.0. The van der Waals surface area contributed by atoms with Crippen LogP contribution >= 0.6 is 11.6 Å². The van der Waals surface area contributed by atoms with Gasteiger partial charge in [-0.3, -0.25) is 10.4 Å². The Balaban J connectivity index is 0.000000145. The van der Waals surface area contributed by atoms with Crippen LogP contribution in [0.1, 0.15) is 62.2 Å². The molecule has 5 N–H and O–H groups in total. The van der Waals surface area contributed by atoms with Crippen LogP contribution in [0.5, 0.6) is 23.0 Å². The minimum Gasteiger partial charge on any atom is -0.497 e. The first-order chi connectivity index (χ1) is 37.3. The fraction of sp³-hybridized carbons (Fsp3) is 0.294. The number of aryl methyl sites for hydroxylation is 6. The third-order valence-electron chi connectivity index (χ3n) is 12.3. The summed E-state index contributed by atoms with van der Waals surface area (Å²) in [6, 6.07) is 11.4. The van der Waals surface area contributed by atoms with E-state index >= 15 is 0 Å². The molecule has 2 aromatic carbocycles. The topological polar surface area (TPSA) is 311 Å². The van der Waals surface area contributed by atoms with Gasteiger partial charge in [-0.25, -0.2) is 34.9 Å². The monoisotopic (exact) mass is 1070 g/mol. The molecule has 0 saturated carbocycles. The van der Waals surface area contributed by atoms with Crippen LogP contribution in [0, 0.1) is 47.0 Å². The number of alkyl halides is 1. The molecule has 11 rings (SSSR count). The highest BCUT2D eigenvalue weighted by Gasteiger charge is 2.15. The van der Waals surface area contributed by atoms with E-state index in [2.05, 4.69) is 75.6 Å². The Kier molecular flexibility index (Phi) is 17.3. The number of anilines is 1. The van der Waals surface area contributed by atoms with Gasteiger partial charge in [-0.15, -0.1) is 11.6 Å². The zero-order chi connectivity index (χ0) is 54.6. The number of rotatable bonds is 14. The summed E-state index contributed by atoms with van der Waals surface area (Å²) >= 11 is 5.58. The number of aromatic amines is 3. The Morgan fingerprint density at radius 2 is 1.12 bits per heavy atom. The molecule has 0 bridgehead atoms. The molecule has 0 unspecified atom stereocenters. The van der Waals surface area contributed by atoms with Gasteiger partial charge in [-0.05, 0) is 65.8 Å². The molecule has 77 heavy (non-hydrogen) atoms. The van der Waals surface area contributed by atoms with Crippen molar-refractivity contribution in [1.82, 2.24) is 74.4 Å². The Hall–Kier alpha value is -9.39. The van der Waals surface area contributed by atoms with Crippen molar-refractivity contribution < 1.29 is 32.5 Å². The van der Waals surface area contributed by atoms with Gasteiger partial charge >= 0.3 is 0 Å². The van der Waals surface area contributed by atoms with E-state index in [1.54, 1.807) is 60.1 Å². The summed E-state index contributed by atoms with van der Waals surface area (Å²) in [5.74, 6) is 6.57. The average Bonchev–Trinajstić information content (AvgIpc) is 4.35. The largest absolute Gasteiger partial charge is 0.497 e. The smallest absolute Gasteiger partial charge is 0.182 e. The SMILES string of the molecule is COc1ccc(CN=c2ncn(Cc3c(C)noc3C)c3nc[nH]c23)c(OC)c1.COc1ccc(CNc2ncnc3nc[nH]c23)c(OC)c1.Cc1noc(C)c1CCl.Cc1noc(C)c1Cn1cnc(=N)c2[nH]cnc21. The van der Waals surface area contributed by atoms with Crippen LogP contribution in [0.3, 0.4) is 0 Å². The molecular formula is C51H57ClN18O7. The van der Waals surface area contributed by atoms with E-state index in [0.717, 1.165) is 102 Å². The molecule has 11 aromatic rings. The normalized spacial score (nSPS) is 11.2. The molecule has 9 heterocycles. The van der Waals surface area contributed by atoms with Gasteiger partial charge < -0.3 is 61.9 Å². The highest BCUT2D eigenvalue weighted by Crippen LogP contribution is 2.27. The lowest BCUT2D eigenvalue weighted by Crippen LogP contribution is -2.15. The van der Waals surface area contributed by atoms with Crippen LogP contribution in [0.25, 0.3) is 33.5 Å². The molecule has 0 amide bonds. The third-order valence-corrected chi connectivity index (χ3v) is 12.5. The van der Waals surface area contributed by atoms with Crippen LogP contribution in [0.2, 0.25) is 0 Å². The Bertz CT molecular complexity index is 3820. The number of hydrogen-bond acceptors (Lipinski definition) is 20. The van der Waals surface area contributed by atoms with E-state index in [9.17, 15) is 0 Å². The first-order valence-electron chi connectivity index (χ1n) is 23.8. The van der Waals surface area contributed by atoms with E-state index in [0.29, 0.717) is 60.2 Å². The van der Waals surface area contributed by atoms with Crippen LogP contribution in [-0.4, -0.2) is 103 Å². The van der Waals surface area contributed by atoms with Crippen LogP contribution in [0.15, 0.2) is 92.9 Å². The number of aromatic nitrogens is 15. The predicted molar refractivity (Wildman–Crippen MR) is 283 cm³/mol. The molecule has 26 heteroatoms. The number of nitrogens with zero attached hydrogens (tertiary/aromatic N) is 13. The van der Waals surface area contributed by atoms with Crippen LogP contribution < -0.4 is 35.2 Å². The van der Waals surface area contributed by atoms with E-state index in [-0.39, 0.29) is 5.49 Å². The molecule has 0 atom stereocenters. The number of hydrogen-bond donors (Lipinski definition) is 5. The van der Waals surface area contributed by atoms with Gasteiger partial charge in [0.15, 0.2) is 33.7 Å². The number of nitrogens with one attached hydrogen (secondary N) is 5. The maximum Gasteiger partial charge on any atom is 0.182 e. The first-order valence-corrected chi connectivity index (χ1v) is 24.3. The van der Waals surface area contributed by atoms with E-state index in [1.165, 1.54) is 6.33 Å². The standard InChI is InChI=1S/C20H22N6O3.C14H15N5O2.C11H12N6O.C6H8ClNO/c1-12-16(13(2)29-25-12)9-26-11-24-19(18-20(26)23-10-22-18)21-8-14-5-6-15(27-3)7-17(14)28-4;1-20-10-4-3-9(11(5-10)21-2)6-15-13-12-14(17-7-16-12)19-8-18-13;1-6-8(7(2)18-16-6)3-17-5-15-10(12)9-11(17)14-4-13-9;1-4-6(3-7)5(2)9-8-4/h5-7,10-11H,8-9H2,1-4H3,(H,22,23);3-5,7-8H,6H2,1-2H3,(H2,15,16,17,18,19);4-5,12H,3H2,1-2H3,(H,13,14);3H2,1-2H3. The summed E-state index contributed by atoms with van der Waals surface area (Å²) in [6.07, 6.45) is 9.63. The van der Waals surface area contributed by atoms with E-state index in [4.69, 9.17) is 49.5 Å². The van der Waals surface area contributed by atoms with Gasteiger partial charge in [0.25, 0.3) is 0 Å². The van der Waals surface area contributed by atoms with Crippen molar-refractivity contribution in [3.8, 4) is 23.0 Å². The molecule has 0 radical (unpaired) electrons. The second-order valence-corrected chi connectivity index (χ2v) is 17.3. The van der Waals surface area contributed by atoms with Crippen LogP contribution in [0.4, 0.5) is 5.82 Å². The molecule has 0 aliphatic heterocycles. The van der Waals surface area contributed by atoms with Gasteiger partial charge in [-0.2, -0.15) is 0 Å². The van der Waals surface area contributed by atoms with Crippen molar-refractivity contribution >= 4 is 50.9 Å². The summed E-state index contributed by atoms with van der Waals surface area (Å²) in [4.78, 5) is 43.4. The van der Waals surface area contributed by atoms with Gasteiger partial charge in [0.05, 0.1) is 103 Å². The van der Waals surface area contributed by atoms with Crippen molar-refractivity contribution in [2.75, 3.05) is 33.8 Å².